The van der Waals surface area contributed by atoms with Gasteiger partial charge in [-0.15, -0.1) is 0 Å². The van der Waals surface area contributed by atoms with Crippen molar-refractivity contribution in [2.45, 2.75) is 64.7 Å². The number of rotatable bonds is 10. The first kappa shape index (κ1) is 15.8. The molecular weight excluding hydrogens is 284 g/mol. The van der Waals surface area contributed by atoms with E-state index in [4.69, 9.17) is 0 Å². The second kappa shape index (κ2) is 10.6. The Morgan fingerprint density at radius 1 is 0.778 bits per heavy atom. The molecule has 0 atom stereocenters. The van der Waals surface area contributed by atoms with Gasteiger partial charge in [0.15, 0.2) is 0 Å². The third-order valence-electron chi connectivity index (χ3n) is 3.47. The van der Waals surface area contributed by atoms with Crippen LogP contribution < -0.4 is 0 Å². The van der Waals surface area contributed by atoms with Crippen LogP contribution in [0.25, 0.3) is 0 Å². The van der Waals surface area contributed by atoms with E-state index >= 15 is 0 Å². The Morgan fingerprint density at radius 3 is 1.94 bits per heavy atom. The van der Waals surface area contributed by atoms with Crippen molar-refractivity contribution in [2.75, 3.05) is 5.33 Å². The van der Waals surface area contributed by atoms with Crippen molar-refractivity contribution >= 4 is 15.9 Å². The van der Waals surface area contributed by atoms with Gasteiger partial charge >= 0.3 is 0 Å². The van der Waals surface area contributed by atoms with Crippen LogP contribution in [0.3, 0.4) is 0 Å². The molecule has 1 heteroatoms. The lowest BCUT2D eigenvalue weighted by molar-refractivity contribution is 0.609. The number of benzene rings is 1. The van der Waals surface area contributed by atoms with Crippen LogP contribution in [0.5, 0.6) is 0 Å². The molecule has 102 valence electrons. The van der Waals surface area contributed by atoms with Crippen molar-refractivity contribution in [1.29, 1.82) is 0 Å². The molecule has 18 heavy (non-hydrogen) atoms. The highest BCUT2D eigenvalue weighted by atomic mass is 79.9. The van der Waals surface area contributed by atoms with Crippen LogP contribution in [-0.2, 0) is 12.8 Å². The van der Waals surface area contributed by atoms with Crippen LogP contribution in [0, 0.1) is 0 Å². The molecule has 0 radical (unpaired) electrons. The predicted octanol–water partition coefficient (Wildman–Crippen LogP) is 5.92. The van der Waals surface area contributed by atoms with Crippen molar-refractivity contribution in [1.82, 2.24) is 0 Å². The maximum absolute atomic E-state index is 3.49. The van der Waals surface area contributed by atoms with Gasteiger partial charge in [0.25, 0.3) is 0 Å². The normalized spacial score (nSPS) is 10.8. The lowest BCUT2D eigenvalue weighted by atomic mass is 9.98. The van der Waals surface area contributed by atoms with Gasteiger partial charge in [0, 0.05) is 5.33 Å². The number of alkyl halides is 1. The summed E-state index contributed by atoms with van der Waals surface area (Å²) in [5.74, 6) is 0. The minimum absolute atomic E-state index is 1.16. The Morgan fingerprint density at radius 2 is 1.33 bits per heavy atom. The van der Waals surface area contributed by atoms with E-state index in [1.807, 2.05) is 0 Å². The summed E-state index contributed by atoms with van der Waals surface area (Å²) >= 11 is 3.49. The Hall–Kier alpha value is -0.300. The summed E-state index contributed by atoms with van der Waals surface area (Å²) in [6, 6.07) is 8.98. The van der Waals surface area contributed by atoms with Crippen molar-refractivity contribution in [2.24, 2.45) is 0 Å². The second-order valence-corrected chi connectivity index (χ2v) is 5.87. The summed E-state index contributed by atoms with van der Waals surface area (Å²) in [6.45, 7) is 2.26. The van der Waals surface area contributed by atoms with Crippen LogP contribution >= 0.6 is 15.9 Å². The molecule has 0 N–H and O–H groups in total. The highest BCUT2D eigenvalue weighted by Gasteiger charge is 2.00. The Bertz CT molecular complexity index is 306. The molecule has 0 aromatic heterocycles. The Kier molecular flexibility index (Phi) is 9.28. The first-order valence-electron chi connectivity index (χ1n) is 7.51. The molecule has 0 saturated carbocycles. The van der Waals surface area contributed by atoms with Crippen LogP contribution in [0.2, 0.25) is 0 Å². The van der Waals surface area contributed by atoms with Gasteiger partial charge < -0.3 is 0 Å². The molecule has 0 fully saturated rings. The third kappa shape index (κ3) is 6.58. The lowest BCUT2D eigenvalue weighted by Crippen LogP contribution is -1.94. The molecule has 0 spiro atoms. The molecule has 0 aliphatic heterocycles. The van der Waals surface area contributed by atoms with Gasteiger partial charge in [-0.2, -0.15) is 0 Å². The van der Waals surface area contributed by atoms with E-state index < -0.39 is 0 Å². The minimum Gasteiger partial charge on any atom is -0.0928 e. The largest absolute Gasteiger partial charge is 0.0928 e. The molecule has 0 saturated heterocycles. The van der Waals surface area contributed by atoms with E-state index in [0.717, 1.165) is 5.33 Å². The minimum atomic E-state index is 1.16. The molecule has 0 aliphatic carbocycles. The lowest BCUT2D eigenvalue weighted by Gasteiger charge is -2.08. The molecule has 0 unspecified atom stereocenters. The number of aryl methyl sites for hydroxylation is 2. The van der Waals surface area contributed by atoms with Gasteiger partial charge in [0.05, 0.1) is 0 Å². The summed E-state index contributed by atoms with van der Waals surface area (Å²) in [4.78, 5) is 0. The van der Waals surface area contributed by atoms with Crippen LogP contribution in [0.15, 0.2) is 24.3 Å². The summed E-state index contributed by atoms with van der Waals surface area (Å²) in [5, 5.41) is 1.16. The Labute approximate surface area is 121 Å². The second-order valence-electron chi connectivity index (χ2n) is 5.08. The molecular formula is C17H27Br. The smallest absolute Gasteiger partial charge is 0.00313 e. The highest BCUT2D eigenvalue weighted by Crippen LogP contribution is 2.15. The fourth-order valence-corrected chi connectivity index (χ4v) is 2.83. The summed E-state index contributed by atoms with van der Waals surface area (Å²) in [6.07, 6.45) is 12.0. The van der Waals surface area contributed by atoms with Gasteiger partial charge in [0.1, 0.15) is 0 Å². The number of hydrogen-bond acceptors (Lipinski definition) is 0. The molecule has 0 bridgehead atoms. The first-order chi connectivity index (χ1) is 8.88. The average molecular weight is 311 g/mol. The molecule has 0 nitrogen and oxygen atoms in total. The van der Waals surface area contributed by atoms with Gasteiger partial charge in [-0.25, -0.2) is 0 Å². The molecule has 1 rings (SSSR count). The fraction of sp³-hybridized carbons (Fsp3) is 0.647. The summed E-state index contributed by atoms with van der Waals surface area (Å²) in [5.41, 5.74) is 3.15. The number of hydrogen-bond donors (Lipinski definition) is 0. The van der Waals surface area contributed by atoms with Gasteiger partial charge in [-0.05, 0) is 36.8 Å². The van der Waals surface area contributed by atoms with E-state index in [2.05, 4.69) is 47.1 Å². The third-order valence-corrected chi connectivity index (χ3v) is 4.03. The van der Waals surface area contributed by atoms with E-state index in [1.54, 1.807) is 11.1 Å². The van der Waals surface area contributed by atoms with Crippen molar-refractivity contribution < 1.29 is 0 Å². The van der Waals surface area contributed by atoms with Crippen LogP contribution in [0.1, 0.15) is 63.0 Å². The highest BCUT2D eigenvalue weighted by molar-refractivity contribution is 9.09. The molecule has 0 amide bonds. The fourth-order valence-electron chi connectivity index (χ4n) is 2.43. The van der Waals surface area contributed by atoms with Crippen molar-refractivity contribution in [3.05, 3.63) is 35.4 Å². The van der Waals surface area contributed by atoms with Crippen molar-refractivity contribution in [3.63, 3.8) is 0 Å². The topological polar surface area (TPSA) is 0 Å². The van der Waals surface area contributed by atoms with Crippen molar-refractivity contribution in [3.8, 4) is 0 Å². The van der Waals surface area contributed by atoms with Crippen LogP contribution in [-0.4, -0.2) is 5.33 Å². The zero-order valence-electron chi connectivity index (χ0n) is 11.8. The van der Waals surface area contributed by atoms with E-state index in [-0.39, 0.29) is 0 Å². The number of halogens is 1. The summed E-state index contributed by atoms with van der Waals surface area (Å²) < 4.78 is 0. The number of unbranched alkanes of at least 4 members (excludes halogenated alkanes) is 5. The molecule has 1 aromatic rings. The predicted molar refractivity (Wildman–Crippen MR) is 85.6 cm³/mol. The zero-order chi connectivity index (χ0) is 13.1. The SMILES string of the molecule is CCCc1ccccc1CCCCCCCCBr. The van der Waals surface area contributed by atoms with E-state index in [0.29, 0.717) is 0 Å². The van der Waals surface area contributed by atoms with E-state index in [1.165, 1.54) is 57.8 Å². The summed E-state index contributed by atoms with van der Waals surface area (Å²) in [7, 11) is 0. The standard InChI is InChI=1S/C17H27Br/c1-2-11-16-13-8-9-14-17(16)12-7-5-3-4-6-10-15-18/h8-9,13-14H,2-7,10-12,15H2,1H3. The zero-order valence-corrected chi connectivity index (χ0v) is 13.3. The Balaban J connectivity index is 2.18. The first-order valence-corrected chi connectivity index (χ1v) is 8.63. The quantitative estimate of drug-likeness (QED) is 0.372. The maximum atomic E-state index is 3.49. The monoisotopic (exact) mass is 310 g/mol. The molecule has 0 aliphatic rings. The van der Waals surface area contributed by atoms with Gasteiger partial charge in [-0.3, -0.25) is 0 Å². The average Bonchev–Trinajstić information content (AvgIpc) is 2.40. The van der Waals surface area contributed by atoms with Gasteiger partial charge in [-0.1, -0.05) is 79.2 Å². The maximum Gasteiger partial charge on any atom is 0.00313 e. The van der Waals surface area contributed by atoms with E-state index in [9.17, 15) is 0 Å². The molecule has 0 heterocycles. The van der Waals surface area contributed by atoms with Gasteiger partial charge in [0.2, 0.25) is 0 Å². The van der Waals surface area contributed by atoms with Crippen LogP contribution in [0.4, 0.5) is 0 Å². The molecule has 1 aromatic carbocycles.